The Morgan fingerprint density at radius 2 is 2.19 bits per heavy atom. The van der Waals surface area contributed by atoms with Gasteiger partial charge in [0.05, 0.1) is 6.54 Å². The Morgan fingerprint density at radius 3 is 2.86 bits per heavy atom. The molecule has 1 aromatic carbocycles. The molecule has 0 aliphatic rings. The zero-order valence-corrected chi connectivity index (χ0v) is 11.6. The zero-order chi connectivity index (χ0) is 15.2. The van der Waals surface area contributed by atoms with Crippen LogP contribution in [0.25, 0.3) is 6.08 Å². The molecule has 0 aliphatic heterocycles. The van der Waals surface area contributed by atoms with Gasteiger partial charge in [0.2, 0.25) is 0 Å². The molecule has 0 atom stereocenters. The van der Waals surface area contributed by atoms with Crippen LogP contribution >= 0.6 is 0 Å². The number of rotatable bonds is 6. The second kappa shape index (κ2) is 6.60. The molecule has 0 aliphatic carbocycles. The molecule has 110 valence electrons. The summed E-state index contributed by atoms with van der Waals surface area (Å²) in [6.45, 7) is 0.810. The number of hydrogen-bond acceptors (Lipinski definition) is 3. The molecule has 6 nitrogen and oxygen atoms in total. The van der Waals surface area contributed by atoms with Crippen LogP contribution in [-0.4, -0.2) is 26.8 Å². The highest BCUT2D eigenvalue weighted by atomic mass is 16.5. The van der Waals surface area contributed by atoms with Crippen molar-refractivity contribution in [2.75, 3.05) is 6.61 Å². The molecule has 21 heavy (non-hydrogen) atoms. The number of benzene rings is 1. The summed E-state index contributed by atoms with van der Waals surface area (Å²) in [5.41, 5.74) is 0.656. The summed E-state index contributed by atoms with van der Waals surface area (Å²) in [4.78, 5) is 22.1. The van der Waals surface area contributed by atoms with Crippen LogP contribution in [0, 0.1) is 0 Å². The summed E-state index contributed by atoms with van der Waals surface area (Å²) in [7, 11) is 1.69. The number of aromatic nitrogens is 2. The van der Waals surface area contributed by atoms with Gasteiger partial charge in [-0.05, 0) is 23.8 Å². The largest absolute Gasteiger partial charge is 0.492 e. The summed E-state index contributed by atoms with van der Waals surface area (Å²) < 4.78 is 8.63. The van der Waals surface area contributed by atoms with Crippen LogP contribution in [0.5, 0.6) is 5.75 Å². The smallest absolute Gasteiger partial charge is 0.328 e. The van der Waals surface area contributed by atoms with Crippen molar-refractivity contribution in [1.29, 1.82) is 0 Å². The second-order valence-corrected chi connectivity index (χ2v) is 4.48. The van der Waals surface area contributed by atoms with Gasteiger partial charge in [-0.1, -0.05) is 12.1 Å². The van der Waals surface area contributed by atoms with Gasteiger partial charge in [0.1, 0.15) is 12.4 Å². The number of imidazole rings is 1. The predicted molar refractivity (Wildman–Crippen MR) is 78.3 cm³/mol. The Kier molecular flexibility index (Phi) is 4.61. The third kappa shape index (κ3) is 4.10. The molecule has 0 saturated carbocycles. The minimum absolute atomic E-state index is 0.0863. The van der Waals surface area contributed by atoms with E-state index in [0.717, 1.165) is 11.6 Å². The number of carboxylic acid groups (broad SMARTS) is 1. The quantitative estimate of drug-likeness (QED) is 0.815. The fraction of sp³-hybridized carbons (Fsp3) is 0.200. The number of aryl methyl sites for hydroxylation is 1. The van der Waals surface area contributed by atoms with Crippen molar-refractivity contribution in [1.82, 2.24) is 9.13 Å². The number of carboxylic acids is 1. The van der Waals surface area contributed by atoms with E-state index in [1.54, 1.807) is 48.3 Å². The SMILES string of the molecule is Cn1ccn(CCOc2cccc(/C=C/C(=O)O)c2)c1=O. The van der Waals surface area contributed by atoms with Gasteiger partial charge < -0.3 is 14.4 Å². The van der Waals surface area contributed by atoms with Crippen LogP contribution in [0.15, 0.2) is 47.5 Å². The Hall–Kier alpha value is -2.76. The fourth-order valence-corrected chi connectivity index (χ4v) is 1.82. The maximum atomic E-state index is 11.6. The Morgan fingerprint density at radius 1 is 1.38 bits per heavy atom. The van der Waals surface area contributed by atoms with Gasteiger partial charge in [0.25, 0.3) is 0 Å². The van der Waals surface area contributed by atoms with E-state index in [1.807, 2.05) is 0 Å². The maximum Gasteiger partial charge on any atom is 0.328 e. The molecule has 0 fully saturated rings. The van der Waals surface area contributed by atoms with Crippen LogP contribution in [0.2, 0.25) is 0 Å². The molecule has 1 N–H and O–H groups in total. The highest BCUT2D eigenvalue weighted by Crippen LogP contribution is 2.14. The van der Waals surface area contributed by atoms with Gasteiger partial charge in [-0.2, -0.15) is 0 Å². The van der Waals surface area contributed by atoms with Crippen molar-refractivity contribution in [3.05, 3.63) is 58.8 Å². The standard InChI is InChI=1S/C15H16N2O4/c1-16-7-8-17(15(16)20)9-10-21-13-4-2-3-12(11-13)5-6-14(18)19/h2-8,11H,9-10H2,1H3,(H,18,19)/b6-5+. The van der Waals surface area contributed by atoms with E-state index in [-0.39, 0.29) is 5.69 Å². The highest BCUT2D eigenvalue weighted by Gasteiger charge is 2.00. The van der Waals surface area contributed by atoms with E-state index in [4.69, 9.17) is 9.84 Å². The van der Waals surface area contributed by atoms with Crippen LogP contribution in [-0.2, 0) is 18.4 Å². The molecule has 0 radical (unpaired) electrons. The van der Waals surface area contributed by atoms with Crippen molar-refractivity contribution < 1.29 is 14.6 Å². The number of hydrogen-bond donors (Lipinski definition) is 1. The summed E-state index contributed by atoms with van der Waals surface area (Å²) >= 11 is 0. The van der Waals surface area contributed by atoms with Gasteiger partial charge in [-0.15, -0.1) is 0 Å². The van der Waals surface area contributed by atoms with Crippen molar-refractivity contribution in [2.45, 2.75) is 6.54 Å². The minimum Gasteiger partial charge on any atom is -0.492 e. The van der Waals surface area contributed by atoms with Crippen LogP contribution < -0.4 is 10.4 Å². The normalized spacial score (nSPS) is 10.9. The lowest BCUT2D eigenvalue weighted by atomic mass is 10.2. The lowest BCUT2D eigenvalue weighted by molar-refractivity contribution is -0.131. The van der Waals surface area contributed by atoms with E-state index >= 15 is 0 Å². The summed E-state index contributed by atoms with van der Waals surface area (Å²) in [5.74, 6) is -0.365. The van der Waals surface area contributed by atoms with E-state index in [1.165, 1.54) is 10.6 Å². The monoisotopic (exact) mass is 288 g/mol. The number of nitrogens with zero attached hydrogens (tertiary/aromatic N) is 2. The van der Waals surface area contributed by atoms with Gasteiger partial charge >= 0.3 is 11.7 Å². The molecular weight excluding hydrogens is 272 g/mol. The average molecular weight is 288 g/mol. The van der Waals surface area contributed by atoms with Crippen LogP contribution in [0.4, 0.5) is 0 Å². The van der Waals surface area contributed by atoms with Crippen LogP contribution in [0.1, 0.15) is 5.56 Å². The molecule has 0 bridgehead atoms. The van der Waals surface area contributed by atoms with Gasteiger partial charge in [0.15, 0.2) is 0 Å². The molecular formula is C15H16N2O4. The van der Waals surface area contributed by atoms with Gasteiger partial charge in [-0.25, -0.2) is 9.59 Å². The second-order valence-electron chi connectivity index (χ2n) is 4.48. The van der Waals surface area contributed by atoms with E-state index < -0.39 is 5.97 Å². The van der Waals surface area contributed by atoms with Crippen LogP contribution in [0.3, 0.4) is 0 Å². The molecule has 0 saturated heterocycles. The zero-order valence-electron chi connectivity index (χ0n) is 11.6. The first-order valence-corrected chi connectivity index (χ1v) is 6.42. The van der Waals surface area contributed by atoms with Crippen molar-refractivity contribution >= 4 is 12.0 Å². The predicted octanol–water partition coefficient (Wildman–Crippen LogP) is 1.36. The number of ether oxygens (including phenoxy) is 1. The molecule has 6 heteroatoms. The third-order valence-corrected chi connectivity index (χ3v) is 2.90. The average Bonchev–Trinajstić information content (AvgIpc) is 2.78. The van der Waals surface area contributed by atoms with E-state index in [9.17, 15) is 9.59 Å². The van der Waals surface area contributed by atoms with Gasteiger partial charge in [0, 0.05) is 25.5 Å². The maximum absolute atomic E-state index is 11.6. The molecule has 1 heterocycles. The number of carbonyl (C=O) groups is 1. The molecule has 0 amide bonds. The van der Waals surface area contributed by atoms with Crippen molar-refractivity contribution in [3.8, 4) is 5.75 Å². The van der Waals surface area contributed by atoms with Crippen molar-refractivity contribution in [2.24, 2.45) is 7.05 Å². The Bertz CT molecular complexity index is 712. The Labute approximate surface area is 121 Å². The Balaban J connectivity index is 1.94. The number of aliphatic carboxylic acids is 1. The van der Waals surface area contributed by atoms with E-state index in [2.05, 4.69) is 0 Å². The minimum atomic E-state index is -0.996. The highest BCUT2D eigenvalue weighted by molar-refractivity contribution is 5.85. The third-order valence-electron chi connectivity index (χ3n) is 2.90. The first-order valence-electron chi connectivity index (χ1n) is 6.42. The molecule has 2 rings (SSSR count). The lowest BCUT2D eigenvalue weighted by Gasteiger charge is -2.07. The van der Waals surface area contributed by atoms with E-state index in [0.29, 0.717) is 18.9 Å². The first-order chi connectivity index (χ1) is 10.1. The summed E-state index contributed by atoms with van der Waals surface area (Å²) in [6.07, 6.45) is 5.97. The van der Waals surface area contributed by atoms with Crippen molar-refractivity contribution in [3.63, 3.8) is 0 Å². The summed E-state index contributed by atoms with van der Waals surface area (Å²) in [5, 5.41) is 8.59. The molecule has 2 aromatic rings. The summed E-state index contributed by atoms with van der Waals surface area (Å²) in [6, 6.07) is 7.10. The molecule has 1 aromatic heterocycles. The lowest BCUT2D eigenvalue weighted by Crippen LogP contribution is -2.24. The van der Waals surface area contributed by atoms with Gasteiger partial charge in [-0.3, -0.25) is 4.57 Å². The molecule has 0 spiro atoms. The topological polar surface area (TPSA) is 73.5 Å². The first kappa shape index (κ1) is 14.6. The molecule has 0 unspecified atom stereocenters. The fourth-order valence-electron chi connectivity index (χ4n) is 1.82.